The van der Waals surface area contributed by atoms with Gasteiger partial charge in [-0.15, -0.1) is 0 Å². The predicted molar refractivity (Wildman–Crippen MR) is 78.6 cm³/mol. The van der Waals surface area contributed by atoms with Gasteiger partial charge in [-0.25, -0.2) is 4.39 Å². The number of carboxylic acids is 1. The van der Waals surface area contributed by atoms with Crippen LogP contribution in [-0.4, -0.2) is 35.0 Å². The molecule has 1 aromatic carbocycles. The van der Waals surface area contributed by atoms with Crippen LogP contribution < -0.4 is 0 Å². The van der Waals surface area contributed by atoms with Crippen LogP contribution in [0.15, 0.2) is 24.3 Å². The fraction of sp³-hybridized carbons (Fsp3) is 0.500. The Bertz CT molecular complexity index is 485. The van der Waals surface area contributed by atoms with Crippen LogP contribution in [0.25, 0.3) is 0 Å². The SMILES string of the molecule is CC(C)CCN(CC(C)C(=O)O)C(=O)c1ccc(F)cc1. The Morgan fingerprint density at radius 3 is 2.24 bits per heavy atom. The number of benzene rings is 1. The van der Waals surface area contributed by atoms with Crippen molar-refractivity contribution in [2.45, 2.75) is 27.2 Å². The largest absolute Gasteiger partial charge is 0.481 e. The molecular weight excluding hydrogens is 273 g/mol. The van der Waals surface area contributed by atoms with Crippen molar-refractivity contribution in [3.63, 3.8) is 0 Å². The summed E-state index contributed by atoms with van der Waals surface area (Å²) in [4.78, 5) is 25.0. The average Bonchev–Trinajstić information content (AvgIpc) is 2.42. The minimum atomic E-state index is -0.934. The Hall–Kier alpha value is -1.91. The van der Waals surface area contributed by atoms with E-state index in [1.807, 2.05) is 13.8 Å². The molecule has 0 saturated carbocycles. The molecule has 0 heterocycles. The molecular formula is C16H22FNO3. The number of carboxylic acid groups (broad SMARTS) is 1. The number of aliphatic carboxylic acids is 1. The number of carbonyl (C=O) groups excluding carboxylic acids is 1. The van der Waals surface area contributed by atoms with E-state index in [0.717, 1.165) is 6.42 Å². The Morgan fingerprint density at radius 1 is 1.19 bits per heavy atom. The van der Waals surface area contributed by atoms with Crippen LogP contribution in [0.3, 0.4) is 0 Å². The van der Waals surface area contributed by atoms with Gasteiger partial charge in [0.05, 0.1) is 5.92 Å². The summed E-state index contributed by atoms with van der Waals surface area (Å²) in [5, 5.41) is 9.01. The van der Waals surface area contributed by atoms with Crippen molar-refractivity contribution in [2.24, 2.45) is 11.8 Å². The molecule has 1 N–H and O–H groups in total. The Kier molecular flexibility index (Phi) is 6.34. The molecule has 116 valence electrons. The first-order valence-electron chi connectivity index (χ1n) is 7.09. The van der Waals surface area contributed by atoms with E-state index in [0.29, 0.717) is 18.0 Å². The van der Waals surface area contributed by atoms with E-state index >= 15 is 0 Å². The minimum Gasteiger partial charge on any atom is -0.481 e. The van der Waals surface area contributed by atoms with Gasteiger partial charge in [0.2, 0.25) is 0 Å². The lowest BCUT2D eigenvalue weighted by atomic mass is 10.1. The molecule has 0 aromatic heterocycles. The molecule has 0 aliphatic carbocycles. The van der Waals surface area contributed by atoms with E-state index in [4.69, 9.17) is 5.11 Å². The Labute approximate surface area is 124 Å². The molecule has 1 aromatic rings. The maximum atomic E-state index is 12.9. The molecule has 5 heteroatoms. The summed E-state index contributed by atoms with van der Waals surface area (Å²) in [6.07, 6.45) is 0.791. The molecule has 0 fully saturated rings. The van der Waals surface area contributed by atoms with E-state index in [2.05, 4.69) is 0 Å². The number of halogens is 1. The van der Waals surface area contributed by atoms with Crippen molar-refractivity contribution in [2.75, 3.05) is 13.1 Å². The second kappa shape index (κ2) is 7.76. The van der Waals surface area contributed by atoms with E-state index in [9.17, 15) is 14.0 Å². The summed E-state index contributed by atoms with van der Waals surface area (Å²) in [6.45, 7) is 6.30. The van der Waals surface area contributed by atoms with Gasteiger partial charge in [-0.1, -0.05) is 20.8 Å². The van der Waals surface area contributed by atoms with Crippen molar-refractivity contribution in [3.8, 4) is 0 Å². The first kappa shape index (κ1) is 17.1. The van der Waals surface area contributed by atoms with Crippen LogP contribution in [0, 0.1) is 17.7 Å². The van der Waals surface area contributed by atoms with Gasteiger partial charge < -0.3 is 10.0 Å². The maximum absolute atomic E-state index is 12.9. The van der Waals surface area contributed by atoms with Crippen LogP contribution in [0.5, 0.6) is 0 Å². The lowest BCUT2D eigenvalue weighted by Crippen LogP contribution is -2.38. The summed E-state index contributed by atoms with van der Waals surface area (Å²) in [6, 6.07) is 5.31. The zero-order valence-corrected chi connectivity index (χ0v) is 12.7. The highest BCUT2D eigenvalue weighted by Gasteiger charge is 2.21. The van der Waals surface area contributed by atoms with Gasteiger partial charge in [-0.2, -0.15) is 0 Å². The average molecular weight is 295 g/mol. The van der Waals surface area contributed by atoms with Gasteiger partial charge in [0.15, 0.2) is 0 Å². The molecule has 0 saturated heterocycles. The van der Waals surface area contributed by atoms with Crippen molar-refractivity contribution < 1.29 is 19.1 Å². The second-order valence-corrected chi connectivity index (χ2v) is 5.68. The van der Waals surface area contributed by atoms with Crippen LogP contribution in [0.2, 0.25) is 0 Å². The van der Waals surface area contributed by atoms with Crippen molar-refractivity contribution in [1.29, 1.82) is 0 Å². The fourth-order valence-corrected chi connectivity index (χ4v) is 1.87. The van der Waals surface area contributed by atoms with E-state index < -0.39 is 17.7 Å². The fourth-order valence-electron chi connectivity index (χ4n) is 1.87. The van der Waals surface area contributed by atoms with Gasteiger partial charge in [-0.05, 0) is 36.6 Å². The Balaban J connectivity index is 2.85. The second-order valence-electron chi connectivity index (χ2n) is 5.68. The third-order valence-electron chi connectivity index (χ3n) is 3.27. The van der Waals surface area contributed by atoms with Crippen molar-refractivity contribution in [3.05, 3.63) is 35.6 Å². The highest BCUT2D eigenvalue weighted by atomic mass is 19.1. The van der Waals surface area contributed by atoms with Crippen molar-refractivity contribution in [1.82, 2.24) is 4.90 Å². The molecule has 1 unspecified atom stereocenters. The monoisotopic (exact) mass is 295 g/mol. The van der Waals surface area contributed by atoms with E-state index in [1.54, 1.807) is 6.92 Å². The predicted octanol–water partition coefficient (Wildman–Crippen LogP) is 3.03. The van der Waals surface area contributed by atoms with Gasteiger partial charge in [0, 0.05) is 18.7 Å². The topological polar surface area (TPSA) is 57.6 Å². The summed E-state index contributed by atoms with van der Waals surface area (Å²) >= 11 is 0. The van der Waals surface area contributed by atoms with E-state index in [-0.39, 0.29) is 12.5 Å². The lowest BCUT2D eigenvalue weighted by molar-refractivity contribution is -0.141. The van der Waals surface area contributed by atoms with Gasteiger partial charge in [0.1, 0.15) is 5.82 Å². The number of hydrogen-bond acceptors (Lipinski definition) is 2. The summed E-state index contributed by atoms with van der Waals surface area (Å²) in [5.41, 5.74) is 0.373. The first-order chi connectivity index (χ1) is 9.81. The highest BCUT2D eigenvalue weighted by Crippen LogP contribution is 2.12. The van der Waals surface area contributed by atoms with Crippen molar-refractivity contribution >= 4 is 11.9 Å². The standard InChI is InChI=1S/C16H22FNO3/c1-11(2)8-9-18(10-12(3)16(20)21)15(19)13-4-6-14(17)7-5-13/h4-7,11-12H,8-10H2,1-3H3,(H,20,21). The minimum absolute atomic E-state index is 0.151. The molecule has 4 nitrogen and oxygen atoms in total. The third kappa shape index (κ3) is 5.53. The molecule has 0 spiro atoms. The number of hydrogen-bond donors (Lipinski definition) is 1. The molecule has 0 radical (unpaired) electrons. The maximum Gasteiger partial charge on any atom is 0.308 e. The van der Waals surface area contributed by atoms with Crippen LogP contribution in [0.1, 0.15) is 37.6 Å². The lowest BCUT2D eigenvalue weighted by Gasteiger charge is -2.25. The van der Waals surface area contributed by atoms with Gasteiger partial charge >= 0.3 is 5.97 Å². The number of carbonyl (C=O) groups is 2. The quantitative estimate of drug-likeness (QED) is 0.841. The van der Waals surface area contributed by atoms with Gasteiger partial charge in [-0.3, -0.25) is 9.59 Å². The van der Waals surface area contributed by atoms with Crippen LogP contribution >= 0.6 is 0 Å². The van der Waals surface area contributed by atoms with Crippen LogP contribution in [-0.2, 0) is 4.79 Å². The highest BCUT2D eigenvalue weighted by molar-refractivity contribution is 5.94. The molecule has 1 amide bonds. The third-order valence-corrected chi connectivity index (χ3v) is 3.27. The number of nitrogens with zero attached hydrogens (tertiary/aromatic N) is 1. The number of amides is 1. The van der Waals surface area contributed by atoms with Crippen LogP contribution in [0.4, 0.5) is 4.39 Å². The molecule has 0 aliphatic rings. The normalized spacial score (nSPS) is 12.2. The zero-order valence-electron chi connectivity index (χ0n) is 12.7. The summed E-state index contributed by atoms with van der Waals surface area (Å²) in [7, 11) is 0. The Morgan fingerprint density at radius 2 is 1.76 bits per heavy atom. The summed E-state index contributed by atoms with van der Waals surface area (Å²) < 4.78 is 12.9. The molecule has 1 rings (SSSR count). The van der Waals surface area contributed by atoms with Gasteiger partial charge in [0.25, 0.3) is 5.91 Å². The smallest absolute Gasteiger partial charge is 0.308 e. The molecule has 1 atom stereocenters. The number of rotatable bonds is 7. The summed E-state index contributed by atoms with van der Waals surface area (Å²) in [5.74, 6) is -1.82. The first-order valence-corrected chi connectivity index (χ1v) is 7.09. The molecule has 21 heavy (non-hydrogen) atoms. The van der Waals surface area contributed by atoms with E-state index in [1.165, 1.54) is 29.2 Å². The zero-order chi connectivity index (χ0) is 16.0. The molecule has 0 aliphatic heterocycles. The molecule has 0 bridgehead atoms.